The van der Waals surface area contributed by atoms with E-state index in [-0.39, 0.29) is 5.41 Å². The number of allylic oxidation sites excluding steroid dienone is 1. The van der Waals surface area contributed by atoms with E-state index in [1.807, 2.05) is 0 Å². The van der Waals surface area contributed by atoms with Gasteiger partial charge in [0.05, 0.1) is 5.69 Å². The summed E-state index contributed by atoms with van der Waals surface area (Å²) in [6, 6.07) is 0. The van der Waals surface area contributed by atoms with Crippen LogP contribution < -0.4 is 0 Å². The first-order valence-electron chi connectivity index (χ1n) is 5.30. The summed E-state index contributed by atoms with van der Waals surface area (Å²) in [4.78, 5) is 0. The normalized spacial score (nSPS) is 15.6. The molecule has 0 bridgehead atoms. The fraction of sp³-hybridized carbons (Fsp3) is 0.583. The largest absolute Gasteiger partial charge is 0.360 e. The quantitative estimate of drug-likeness (QED) is 0.716. The number of nitrogens with zero attached hydrogens (tertiary/aromatic N) is 1. The van der Waals surface area contributed by atoms with Gasteiger partial charge in [-0.3, -0.25) is 0 Å². The summed E-state index contributed by atoms with van der Waals surface area (Å²) in [7, 11) is 0. The van der Waals surface area contributed by atoms with Crippen LogP contribution in [0.25, 0.3) is 6.08 Å². The van der Waals surface area contributed by atoms with Crippen LogP contribution in [0.3, 0.4) is 0 Å². The molecule has 2 rings (SSSR count). The van der Waals surface area contributed by atoms with E-state index in [1.165, 1.54) is 5.56 Å². The molecule has 1 aliphatic rings. The summed E-state index contributed by atoms with van der Waals surface area (Å²) in [5, 5.41) is 4.21. The lowest BCUT2D eigenvalue weighted by Gasteiger charge is -2.20. The number of hydrogen-bond donors (Lipinski definition) is 0. The van der Waals surface area contributed by atoms with Crippen molar-refractivity contribution in [2.45, 2.75) is 45.4 Å². The Bertz CT molecular complexity index is 360. The smallest absolute Gasteiger partial charge is 0.144 e. The third-order valence-corrected chi connectivity index (χ3v) is 3.15. The van der Waals surface area contributed by atoms with Crippen LogP contribution in [0.2, 0.25) is 0 Å². The van der Waals surface area contributed by atoms with Crippen molar-refractivity contribution in [1.82, 2.24) is 5.16 Å². The van der Waals surface area contributed by atoms with E-state index in [2.05, 4.69) is 38.1 Å². The maximum atomic E-state index is 5.37. The molecule has 1 aromatic rings. The predicted molar refractivity (Wildman–Crippen MR) is 57.2 cm³/mol. The van der Waals surface area contributed by atoms with Gasteiger partial charge >= 0.3 is 0 Å². The summed E-state index contributed by atoms with van der Waals surface area (Å²) in [6.45, 7) is 6.62. The van der Waals surface area contributed by atoms with Gasteiger partial charge in [-0.25, -0.2) is 0 Å². The van der Waals surface area contributed by atoms with Crippen LogP contribution in [-0.2, 0) is 11.8 Å². The number of aromatic nitrogens is 1. The van der Waals surface area contributed by atoms with Gasteiger partial charge in [0, 0.05) is 17.4 Å². The molecule has 0 saturated heterocycles. The van der Waals surface area contributed by atoms with Crippen molar-refractivity contribution in [2.75, 3.05) is 0 Å². The Morgan fingerprint density at radius 3 is 3.00 bits per heavy atom. The van der Waals surface area contributed by atoms with Gasteiger partial charge in [-0.1, -0.05) is 38.1 Å². The minimum atomic E-state index is 0.124. The first kappa shape index (κ1) is 9.50. The zero-order chi connectivity index (χ0) is 10.2. The van der Waals surface area contributed by atoms with Gasteiger partial charge < -0.3 is 4.52 Å². The highest BCUT2D eigenvalue weighted by atomic mass is 16.5. The lowest BCUT2D eigenvalue weighted by atomic mass is 9.83. The fourth-order valence-corrected chi connectivity index (χ4v) is 1.75. The molecule has 1 heterocycles. The molecule has 1 aromatic heterocycles. The molecule has 2 nitrogen and oxygen atoms in total. The molecule has 0 radical (unpaired) electrons. The number of hydrogen-bond acceptors (Lipinski definition) is 2. The summed E-state index contributed by atoms with van der Waals surface area (Å²) in [6.07, 6.45) is 7.52. The van der Waals surface area contributed by atoms with Crippen molar-refractivity contribution in [1.29, 1.82) is 0 Å². The highest BCUT2D eigenvalue weighted by Gasteiger charge is 2.27. The summed E-state index contributed by atoms with van der Waals surface area (Å²) in [5.74, 6) is 1.06. The van der Waals surface area contributed by atoms with Crippen LogP contribution in [0.5, 0.6) is 0 Å². The fourth-order valence-electron chi connectivity index (χ4n) is 1.75. The Balaban J connectivity index is 2.46. The topological polar surface area (TPSA) is 26.0 Å². The molecule has 0 unspecified atom stereocenters. The van der Waals surface area contributed by atoms with E-state index < -0.39 is 0 Å². The van der Waals surface area contributed by atoms with Crippen LogP contribution >= 0.6 is 0 Å². The predicted octanol–water partition coefficient (Wildman–Crippen LogP) is 3.32. The maximum Gasteiger partial charge on any atom is 0.144 e. The average molecular weight is 191 g/mol. The summed E-state index contributed by atoms with van der Waals surface area (Å²) >= 11 is 0. The zero-order valence-electron chi connectivity index (χ0n) is 9.13. The van der Waals surface area contributed by atoms with Crippen LogP contribution in [-0.4, -0.2) is 5.16 Å². The van der Waals surface area contributed by atoms with E-state index >= 15 is 0 Å². The zero-order valence-corrected chi connectivity index (χ0v) is 9.13. The van der Waals surface area contributed by atoms with Crippen molar-refractivity contribution in [3.05, 3.63) is 23.1 Å². The van der Waals surface area contributed by atoms with Gasteiger partial charge in [0.2, 0.25) is 0 Å². The highest BCUT2D eigenvalue weighted by Crippen LogP contribution is 2.33. The molecule has 0 spiro atoms. The third-order valence-electron chi connectivity index (χ3n) is 3.15. The third kappa shape index (κ3) is 1.39. The van der Waals surface area contributed by atoms with Crippen LogP contribution in [0, 0.1) is 0 Å². The Hall–Kier alpha value is -1.05. The van der Waals surface area contributed by atoms with Crippen LogP contribution in [0.1, 0.15) is 50.6 Å². The second-order valence-corrected chi connectivity index (χ2v) is 4.55. The van der Waals surface area contributed by atoms with Gasteiger partial charge in [0.1, 0.15) is 5.76 Å². The van der Waals surface area contributed by atoms with E-state index in [0.717, 1.165) is 30.7 Å². The molecular formula is C12H17NO. The Kier molecular flexibility index (Phi) is 2.22. The molecule has 0 N–H and O–H groups in total. The minimum absolute atomic E-state index is 0.124. The molecule has 14 heavy (non-hydrogen) atoms. The van der Waals surface area contributed by atoms with Gasteiger partial charge in [-0.15, -0.1) is 0 Å². The Labute approximate surface area is 85.0 Å². The number of fused-ring (bicyclic) bond motifs is 1. The summed E-state index contributed by atoms with van der Waals surface area (Å²) in [5.41, 5.74) is 2.47. The minimum Gasteiger partial charge on any atom is -0.360 e. The van der Waals surface area contributed by atoms with E-state index in [4.69, 9.17) is 4.52 Å². The number of aryl methyl sites for hydroxylation is 1. The second kappa shape index (κ2) is 3.26. The van der Waals surface area contributed by atoms with Crippen LogP contribution in [0.15, 0.2) is 10.6 Å². The second-order valence-electron chi connectivity index (χ2n) is 4.55. The molecule has 76 valence electrons. The molecule has 2 heteroatoms. The molecule has 0 fully saturated rings. The van der Waals surface area contributed by atoms with Crippen molar-refractivity contribution < 1.29 is 4.52 Å². The van der Waals surface area contributed by atoms with Gasteiger partial charge in [0.15, 0.2) is 0 Å². The number of rotatable bonds is 2. The van der Waals surface area contributed by atoms with Crippen molar-refractivity contribution >= 4 is 6.08 Å². The van der Waals surface area contributed by atoms with Gasteiger partial charge in [0.25, 0.3) is 0 Å². The molecule has 1 aliphatic carbocycles. The van der Waals surface area contributed by atoms with E-state index in [1.54, 1.807) is 0 Å². The molecule has 0 aliphatic heterocycles. The molecule has 0 aromatic carbocycles. The molecule has 0 saturated carbocycles. The first-order valence-corrected chi connectivity index (χ1v) is 5.30. The lowest BCUT2D eigenvalue weighted by Crippen LogP contribution is -2.17. The molecule has 0 atom stereocenters. The van der Waals surface area contributed by atoms with E-state index in [9.17, 15) is 0 Å². The van der Waals surface area contributed by atoms with Gasteiger partial charge in [-0.05, 0) is 12.8 Å². The first-order chi connectivity index (χ1) is 6.65. The van der Waals surface area contributed by atoms with Crippen molar-refractivity contribution in [3.8, 4) is 0 Å². The SMILES string of the molecule is CCC(C)(C)c1noc2c1C=CCC2. The highest BCUT2D eigenvalue weighted by molar-refractivity contribution is 5.57. The molecule has 0 amide bonds. The van der Waals surface area contributed by atoms with Crippen molar-refractivity contribution in [2.24, 2.45) is 0 Å². The molecular weight excluding hydrogens is 174 g/mol. The van der Waals surface area contributed by atoms with Gasteiger partial charge in [-0.2, -0.15) is 0 Å². The monoisotopic (exact) mass is 191 g/mol. The Morgan fingerprint density at radius 1 is 1.50 bits per heavy atom. The Morgan fingerprint density at radius 2 is 2.29 bits per heavy atom. The van der Waals surface area contributed by atoms with E-state index in [0.29, 0.717) is 0 Å². The maximum absolute atomic E-state index is 5.37. The summed E-state index contributed by atoms with van der Waals surface area (Å²) < 4.78 is 5.37. The lowest BCUT2D eigenvalue weighted by molar-refractivity contribution is 0.357. The van der Waals surface area contributed by atoms with Crippen molar-refractivity contribution in [3.63, 3.8) is 0 Å². The average Bonchev–Trinajstić information content (AvgIpc) is 2.61. The standard InChI is InChI=1S/C12H17NO/c1-4-12(2,3)11-9-7-5-6-8-10(9)14-13-11/h5,7H,4,6,8H2,1-3H3. The van der Waals surface area contributed by atoms with Crippen LogP contribution in [0.4, 0.5) is 0 Å².